The van der Waals surface area contributed by atoms with Gasteiger partial charge >= 0.3 is 5.97 Å². The van der Waals surface area contributed by atoms with Crippen LogP contribution < -0.4 is 0 Å². The number of carboxylic acid groups (broad SMARTS) is 1. The van der Waals surface area contributed by atoms with Gasteiger partial charge in [0.1, 0.15) is 5.82 Å². The van der Waals surface area contributed by atoms with Crippen molar-refractivity contribution in [1.29, 1.82) is 0 Å². The summed E-state index contributed by atoms with van der Waals surface area (Å²) < 4.78 is 2.09. The van der Waals surface area contributed by atoms with Crippen molar-refractivity contribution in [3.05, 3.63) is 18.2 Å². The Labute approximate surface area is 122 Å². The van der Waals surface area contributed by atoms with E-state index in [0.717, 1.165) is 19.3 Å². The molecule has 1 aromatic heterocycles. The number of aliphatic carboxylic acids is 1. The summed E-state index contributed by atoms with van der Waals surface area (Å²) in [5, 5.41) is 8.52. The molecule has 0 fully saturated rings. The fourth-order valence-corrected chi connectivity index (χ4v) is 2.43. The highest BCUT2D eigenvalue weighted by molar-refractivity contribution is 5.66. The fraction of sp³-hybridized carbons (Fsp3) is 0.750. The van der Waals surface area contributed by atoms with Crippen LogP contribution >= 0.6 is 0 Å². The first-order valence-electron chi connectivity index (χ1n) is 7.88. The third-order valence-corrected chi connectivity index (χ3v) is 3.71. The van der Waals surface area contributed by atoms with Crippen LogP contribution in [0, 0.1) is 0 Å². The fourth-order valence-electron chi connectivity index (χ4n) is 2.43. The summed E-state index contributed by atoms with van der Waals surface area (Å²) in [6.07, 6.45) is 16.0. The van der Waals surface area contributed by atoms with E-state index in [1.54, 1.807) is 0 Å². The van der Waals surface area contributed by atoms with Gasteiger partial charge in [-0.05, 0) is 12.8 Å². The molecule has 0 aliphatic rings. The number of hydrogen-bond donors (Lipinski definition) is 1. The lowest BCUT2D eigenvalue weighted by molar-refractivity contribution is -0.137. The summed E-state index contributed by atoms with van der Waals surface area (Å²) in [6.45, 7) is 0. The predicted molar refractivity (Wildman–Crippen MR) is 80.7 cm³/mol. The number of aromatic nitrogens is 2. The number of imidazole rings is 1. The molecule has 0 atom stereocenters. The topological polar surface area (TPSA) is 55.1 Å². The van der Waals surface area contributed by atoms with Crippen molar-refractivity contribution in [2.75, 3.05) is 0 Å². The van der Waals surface area contributed by atoms with Crippen LogP contribution in [0.25, 0.3) is 0 Å². The average molecular weight is 280 g/mol. The van der Waals surface area contributed by atoms with E-state index in [1.807, 2.05) is 19.4 Å². The lowest BCUT2D eigenvalue weighted by atomic mass is 10.1. The van der Waals surface area contributed by atoms with Gasteiger partial charge in [0.2, 0.25) is 0 Å². The maximum absolute atomic E-state index is 10.3. The van der Waals surface area contributed by atoms with Gasteiger partial charge in [0, 0.05) is 32.3 Å². The van der Waals surface area contributed by atoms with Crippen LogP contribution in [0.4, 0.5) is 0 Å². The van der Waals surface area contributed by atoms with Crippen LogP contribution in [0.5, 0.6) is 0 Å². The normalized spacial score (nSPS) is 10.8. The number of carbonyl (C=O) groups is 1. The van der Waals surface area contributed by atoms with Crippen LogP contribution in [0.3, 0.4) is 0 Å². The smallest absolute Gasteiger partial charge is 0.303 e. The molecular formula is C16H28N2O2. The molecule has 1 heterocycles. The van der Waals surface area contributed by atoms with Crippen molar-refractivity contribution in [3.8, 4) is 0 Å². The molecular weight excluding hydrogens is 252 g/mol. The van der Waals surface area contributed by atoms with Gasteiger partial charge in [-0.1, -0.05) is 44.9 Å². The second kappa shape index (κ2) is 10.5. The van der Waals surface area contributed by atoms with Gasteiger partial charge in [-0.3, -0.25) is 4.79 Å². The minimum Gasteiger partial charge on any atom is -0.481 e. The molecule has 0 amide bonds. The monoisotopic (exact) mass is 280 g/mol. The molecule has 20 heavy (non-hydrogen) atoms. The predicted octanol–water partition coefficient (Wildman–Crippen LogP) is 3.95. The molecule has 1 rings (SSSR count). The Morgan fingerprint density at radius 1 is 1.05 bits per heavy atom. The maximum atomic E-state index is 10.3. The maximum Gasteiger partial charge on any atom is 0.303 e. The SMILES string of the molecule is Cn1ccnc1CCCCCCCCCCCC(=O)O. The molecule has 0 spiro atoms. The summed E-state index contributed by atoms with van der Waals surface area (Å²) in [7, 11) is 2.05. The van der Waals surface area contributed by atoms with Gasteiger partial charge in [0.25, 0.3) is 0 Å². The molecule has 1 aromatic rings. The Kier molecular flexibility index (Phi) is 8.76. The van der Waals surface area contributed by atoms with Crippen molar-refractivity contribution >= 4 is 5.97 Å². The van der Waals surface area contributed by atoms with Crippen molar-refractivity contribution in [2.45, 2.75) is 70.6 Å². The lowest BCUT2D eigenvalue weighted by Gasteiger charge is -2.03. The minimum absolute atomic E-state index is 0.327. The van der Waals surface area contributed by atoms with E-state index in [1.165, 1.54) is 50.8 Å². The van der Waals surface area contributed by atoms with E-state index in [9.17, 15) is 4.79 Å². The first-order valence-corrected chi connectivity index (χ1v) is 7.88. The molecule has 0 bridgehead atoms. The van der Waals surface area contributed by atoms with Gasteiger partial charge in [0.05, 0.1) is 0 Å². The molecule has 1 N–H and O–H groups in total. The quantitative estimate of drug-likeness (QED) is 0.590. The Morgan fingerprint density at radius 2 is 1.60 bits per heavy atom. The van der Waals surface area contributed by atoms with Crippen LogP contribution in [-0.4, -0.2) is 20.6 Å². The van der Waals surface area contributed by atoms with Crippen molar-refractivity contribution < 1.29 is 9.90 Å². The number of nitrogens with zero attached hydrogens (tertiary/aromatic N) is 2. The van der Waals surface area contributed by atoms with Gasteiger partial charge < -0.3 is 9.67 Å². The Morgan fingerprint density at radius 3 is 2.10 bits per heavy atom. The molecule has 0 unspecified atom stereocenters. The van der Waals surface area contributed by atoms with Crippen LogP contribution in [0.2, 0.25) is 0 Å². The molecule has 114 valence electrons. The highest BCUT2D eigenvalue weighted by Crippen LogP contribution is 2.11. The zero-order chi connectivity index (χ0) is 14.6. The third-order valence-electron chi connectivity index (χ3n) is 3.71. The largest absolute Gasteiger partial charge is 0.481 e. The summed E-state index contributed by atoms with van der Waals surface area (Å²) in [5.41, 5.74) is 0. The molecule has 4 nitrogen and oxygen atoms in total. The first-order chi connectivity index (χ1) is 9.70. The van der Waals surface area contributed by atoms with E-state index in [4.69, 9.17) is 5.11 Å². The van der Waals surface area contributed by atoms with E-state index < -0.39 is 5.97 Å². The Balaban J connectivity index is 1.81. The molecule has 0 aliphatic heterocycles. The van der Waals surface area contributed by atoms with Gasteiger partial charge in [0.15, 0.2) is 0 Å². The highest BCUT2D eigenvalue weighted by Gasteiger charge is 1.99. The molecule has 0 aromatic carbocycles. The molecule has 0 saturated heterocycles. The summed E-state index contributed by atoms with van der Waals surface area (Å²) >= 11 is 0. The Bertz CT molecular complexity index is 374. The zero-order valence-corrected chi connectivity index (χ0v) is 12.7. The number of hydrogen-bond acceptors (Lipinski definition) is 2. The van der Waals surface area contributed by atoms with Crippen molar-refractivity contribution in [1.82, 2.24) is 9.55 Å². The van der Waals surface area contributed by atoms with Gasteiger partial charge in [-0.2, -0.15) is 0 Å². The van der Waals surface area contributed by atoms with Crippen molar-refractivity contribution in [3.63, 3.8) is 0 Å². The third kappa shape index (κ3) is 7.97. The summed E-state index contributed by atoms with van der Waals surface area (Å²) in [5.74, 6) is 0.515. The number of aryl methyl sites for hydroxylation is 2. The minimum atomic E-state index is -0.669. The van der Waals surface area contributed by atoms with Gasteiger partial charge in [-0.15, -0.1) is 0 Å². The van der Waals surface area contributed by atoms with E-state index in [-0.39, 0.29) is 0 Å². The zero-order valence-electron chi connectivity index (χ0n) is 12.7. The van der Waals surface area contributed by atoms with Crippen LogP contribution in [-0.2, 0) is 18.3 Å². The second-order valence-corrected chi connectivity index (χ2v) is 5.53. The standard InChI is InChI=1S/C16H28N2O2/c1-18-14-13-17-15(18)11-9-7-5-3-2-4-6-8-10-12-16(19)20/h13-14H,2-12H2,1H3,(H,19,20). The molecule has 4 heteroatoms. The Hall–Kier alpha value is -1.32. The van der Waals surface area contributed by atoms with Gasteiger partial charge in [-0.25, -0.2) is 4.98 Å². The number of carboxylic acids is 1. The average Bonchev–Trinajstić information content (AvgIpc) is 2.81. The lowest BCUT2D eigenvalue weighted by Crippen LogP contribution is -1.97. The molecule has 0 saturated carbocycles. The number of rotatable bonds is 12. The van der Waals surface area contributed by atoms with E-state index in [2.05, 4.69) is 9.55 Å². The summed E-state index contributed by atoms with van der Waals surface area (Å²) in [4.78, 5) is 14.7. The number of unbranched alkanes of at least 4 members (excludes halogenated alkanes) is 8. The summed E-state index contributed by atoms with van der Waals surface area (Å²) in [6, 6.07) is 0. The first kappa shape index (κ1) is 16.7. The molecule has 0 aliphatic carbocycles. The highest BCUT2D eigenvalue weighted by atomic mass is 16.4. The van der Waals surface area contributed by atoms with Crippen LogP contribution in [0.15, 0.2) is 12.4 Å². The van der Waals surface area contributed by atoms with Crippen molar-refractivity contribution in [2.24, 2.45) is 7.05 Å². The van der Waals surface area contributed by atoms with E-state index in [0.29, 0.717) is 6.42 Å². The second-order valence-electron chi connectivity index (χ2n) is 5.53. The van der Waals surface area contributed by atoms with Crippen LogP contribution in [0.1, 0.15) is 70.0 Å². The molecule has 0 radical (unpaired) electrons. The van der Waals surface area contributed by atoms with E-state index >= 15 is 0 Å².